The van der Waals surface area contributed by atoms with Crippen LogP contribution in [0.25, 0.3) is 0 Å². The van der Waals surface area contributed by atoms with Gasteiger partial charge in [-0.15, -0.1) is 0 Å². The van der Waals surface area contributed by atoms with Gasteiger partial charge in [0.05, 0.1) is 0 Å². The summed E-state index contributed by atoms with van der Waals surface area (Å²) in [5.74, 6) is 0. The van der Waals surface area contributed by atoms with E-state index < -0.39 is 0 Å². The number of rotatable bonds is 6. The van der Waals surface area contributed by atoms with E-state index in [0.717, 1.165) is 0 Å². The Hall–Kier alpha value is 0.0249. The molecule has 0 fully saturated rings. The van der Waals surface area contributed by atoms with Crippen molar-refractivity contribution in [3.8, 4) is 0 Å². The second-order valence-electron chi connectivity index (χ2n) is 3.04. The lowest BCUT2D eigenvalue weighted by molar-refractivity contribution is 0.839. The van der Waals surface area contributed by atoms with E-state index in [1.165, 1.54) is 38.3 Å². The van der Waals surface area contributed by atoms with Crippen molar-refractivity contribution in [1.29, 1.82) is 0 Å². The van der Waals surface area contributed by atoms with Crippen molar-refractivity contribution < 1.29 is 0 Å². The summed E-state index contributed by atoms with van der Waals surface area (Å²) >= 11 is 0. The van der Waals surface area contributed by atoms with Crippen molar-refractivity contribution in [2.45, 2.75) is 52.2 Å². The van der Waals surface area contributed by atoms with Crippen LogP contribution < -0.4 is 5.64 Å². The summed E-state index contributed by atoms with van der Waals surface area (Å²) in [5, 5.41) is 0. The van der Waals surface area contributed by atoms with E-state index in [4.69, 9.17) is 5.64 Å². The second-order valence-corrected chi connectivity index (χ2v) is 3.04. The van der Waals surface area contributed by atoms with Crippen molar-refractivity contribution in [2.75, 3.05) is 0 Å². The first-order chi connectivity index (χ1) is 4.81. The number of hydrogen-bond acceptors (Lipinski definition) is 1. The molecule has 0 aliphatic carbocycles. The molecular weight excluding hydrogens is 121 g/mol. The Morgan fingerprint density at radius 1 is 1.00 bits per heavy atom. The highest BCUT2D eigenvalue weighted by molar-refractivity contribution is 6.55. The molecular formula is C8H20BN. The zero-order valence-corrected chi connectivity index (χ0v) is 7.40. The molecule has 0 aliphatic rings. The number of unbranched alkanes of at least 4 members (excludes halogenated alkanes) is 2. The lowest BCUT2D eigenvalue weighted by Crippen LogP contribution is -2.24. The van der Waals surface area contributed by atoms with Crippen molar-refractivity contribution in [3.05, 3.63) is 0 Å². The topological polar surface area (TPSA) is 26.0 Å². The Morgan fingerprint density at radius 3 is 1.70 bits per heavy atom. The third-order valence-corrected chi connectivity index (χ3v) is 1.86. The van der Waals surface area contributed by atoms with Gasteiger partial charge in [-0.3, -0.25) is 0 Å². The largest absolute Gasteiger partial charge is 0.370 e. The summed E-state index contributed by atoms with van der Waals surface area (Å²) in [4.78, 5) is 0. The van der Waals surface area contributed by atoms with E-state index in [0.29, 0.717) is 6.85 Å². The van der Waals surface area contributed by atoms with Crippen molar-refractivity contribution >= 4 is 6.85 Å². The number of nitrogens with two attached hydrogens (primary N) is 1. The first-order valence-electron chi connectivity index (χ1n) is 4.56. The highest BCUT2D eigenvalue weighted by Crippen LogP contribution is 2.04. The van der Waals surface area contributed by atoms with E-state index in [-0.39, 0.29) is 0 Å². The molecule has 0 atom stereocenters. The molecule has 0 saturated carbocycles. The molecule has 10 heavy (non-hydrogen) atoms. The summed E-state index contributed by atoms with van der Waals surface area (Å²) in [7, 11) is 0. The van der Waals surface area contributed by atoms with E-state index >= 15 is 0 Å². The van der Waals surface area contributed by atoms with Crippen LogP contribution >= 0.6 is 0 Å². The van der Waals surface area contributed by atoms with Crippen LogP contribution in [0.2, 0.25) is 12.6 Å². The van der Waals surface area contributed by atoms with Crippen molar-refractivity contribution in [2.24, 2.45) is 5.64 Å². The normalized spacial score (nSPS) is 9.90. The van der Waals surface area contributed by atoms with Gasteiger partial charge in [0.2, 0.25) is 6.85 Å². The maximum atomic E-state index is 5.85. The van der Waals surface area contributed by atoms with Crippen LogP contribution in [-0.2, 0) is 0 Å². The standard InChI is InChI=1S/C8H20BN/c1-3-5-7-9(10)8-6-4-2/h3-8,10H2,1-2H3. The molecule has 0 spiro atoms. The molecule has 0 unspecified atom stereocenters. The van der Waals surface area contributed by atoms with Crippen LogP contribution in [0, 0.1) is 0 Å². The minimum absolute atomic E-state index is 0.472. The summed E-state index contributed by atoms with van der Waals surface area (Å²) in [6.45, 7) is 4.90. The minimum Gasteiger partial charge on any atom is -0.370 e. The van der Waals surface area contributed by atoms with Gasteiger partial charge in [0.15, 0.2) is 0 Å². The fourth-order valence-electron chi connectivity index (χ4n) is 1.08. The van der Waals surface area contributed by atoms with Gasteiger partial charge in [0.1, 0.15) is 0 Å². The third kappa shape index (κ3) is 6.15. The molecule has 0 saturated heterocycles. The lowest BCUT2D eigenvalue weighted by atomic mass is 9.56. The van der Waals surface area contributed by atoms with Gasteiger partial charge >= 0.3 is 0 Å². The fraction of sp³-hybridized carbons (Fsp3) is 1.00. The van der Waals surface area contributed by atoms with Crippen molar-refractivity contribution in [3.63, 3.8) is 0 Å². The summed E-state index contributed by atoms with van der Waals surface area (Å²) in [6, 6.07) is 0. The predicted molar refractivity (Wildman–Crippen MR) is 49.4 cm³/mol. The second kappa shape index (κ2) is 7.14. The summed E-state index contributed by atoms with van der Waals surface area (Å²) < 4.78 is 0. The van der Waals surface area contributed by atoms with Gasteiger partial charge < -0.3 is 5.64 Å². The van der Waals surface area contributed by atoms with Crippen LogP contribution in [0.5, 0.6) is 0 Å². The molecule has 2 N–H and O–H groups in total. The predicted octanol–water partition coefficient (Wildman–Crippen LogP) is 2.54. The molecule has 0 aromatic rings. The highest BCUT2D eigenvalue weighted by Gasteiger charge is 2.04. The van der Waals surface area contributed by atoms with Gasteiger partial charge in [-0.1, -0.05) is 52.2 Å². The summed E-state index contributed by atoms with van der Waals surface area (Å²) in [5.41, 5.74) is 5.85. The maximum absolute atomic E-state index is 5.85. The molecule has 0 aromatic carbocycles. The molecule has 2 heteroatoms. The molecule has 1 nitrogen and oxygen atoms in total. The first-order valence-corrected chi connectivity index (χ1v) is 4.56. The molecule has 0 bridgehead atoms. The van der Waals surface area contributed by atoms with Crippen LogP contribution in [-0.4, -0.2) is 6.85 Å². The molecule has 60 valence electrons. The van der Waals surface area contributed by atoms with E-state index in [2.05, 4.69) is 13.8 Å². The molecule has 0 rings (SSSR count). The van der Waals surface area contributed by atoms with E-state index in [9.17, 15) is 0 Å². The average Bonchev–Trinajstić information content (AvgIpc) is 1.97. The van der Waals surface area contributed by atoms with Gasteiger partial charge in [0, 0.05) is 0 Å². The Balaban J connectivity index is 3.00. The van der Waals surface area contributed by atoms with E-state index in [1.54, 1.807) is 0 Å². The maximum Gasteiger partial charge on any atom is 0.217 e. The monoisotopic (exact) mass is 141 g/mol. The van der Waals surface area contributed by atoms with E-state index in [1.807, 2.05) is 0 Å². The highest BCUT2D eigenvalue weighted by atomic mass is 14.4. The Morgan fingerprint density at radius 2 is 1.40 bits per heavy atom. The Labute approximate surface area is 65.5 Å². The van der Waals surface area contributed by atoms with Gasteiger partial charge in [-0.25, -0.2) is 0 Å². The molecule has 0 amide bonds. The molecule has 0 aliphatic heterocycles. The van der Waals surface area contributed by atoms with Crippen LogP contribution in [0.15, 0.2) is 0 Å². The zero-order valence-electron chi connectivity index (χ0n) is 7.40. The van der Waals surface area contributed by atoms with Gasteiger partial charge in [-0.05, 0) is 0 Å². The fourth-order valence-corrected chi connectivity index (χ4v) is 1.08. The zero-order chi connectivity index (χ0) is 7.82. The molecule has 0 heterocycles. The first kappa shape index (κ1) is 10.0. The lowest BCUT2D eigenvalue weighted by Gasteiger charge is -2.04. The van der Waals surface area contributed by atoms with Crippen LogP contribution in [0.1, 0.15) is 39.5 Å². The number of hydrogen-bond donors (Lipinski definition) is 1. The minimum atomic E-state index is 0.472. The Kier molecular flexibility index (Phi) is 7.15. The average molecular weight is 141 g/mol. The SMILES string of the molecule is CCCCB(N)CCCC. The van der Waals surface area contributed by atoms with Gasteiger partial charge in [-0.2, -0.15) is 0 Å². The third-order valence-electron chi connectivity index (χ3n) is 1.86. The molecule has 0 aromatic heterocycles. The van der Waals surface area contributed by atoms with Gasteiger partial charge in [0.25, 0.3) is 0 Å². The van der Waals surface area contributed by atoms with Crippen LogP contribution in [0.4, 0.5) is 0 Å². The van der Waals surface area contributed by atoms with Crippen LogP contribution in [0.3, 0.4) is 0 Å². The Bertz CT molecular complexity index is 58.3. The quantitative estimate of drug-likeness (QED) is 0.565. The summed E-state index contributed by atoms with van der Waals surface area (Å²) in [6.07, 6.45) is 7.59. The molecule has 0 radical (unpaired) electrons. The smallest absolute Gasteiger partial charge is 0.217 e. The van der Waals surface area contributed by atoms with Crippen molar-refractivity contribution in [1.82, 2.24) is 0 Å².